The Balaban J connectivity index is 2.20. The quantitative estimate of drug-likeness (QED) is 0.785. The Hall–Kier alpha value is -1.77. The van der Waals surface area contributed by atoms with Gasteiger partial charge in [-0.1, -0.05) is 13.0 Å². The van der Waals surface area contributed by atoms with Gasteiger partial charge in [0.25, 0.3) is 0 Å². The zero-order valence-corrected chi connectivity index (χ0v) is 9.63. The van der Waals surface area contributed by atoms with Crippen molar-refractivity contribution in [2.75, 3.05) is 0 Å². The second-order valence-corrected chi connectivity index (χ2v) is 3.80. The highest BCUT2D eigenvalue weighted by molar-refractivity contribution is 5.39. The third-order valence-corrected chi connectivity index (χ3v) is 2.53. The Morgan fingerprint density at radius 3 is 3.00 bits per heavy atom. The molecule has 0 aliphatic carbocycles. The minimum absolute atomic E-state index is 0.248. The molecule has 0 amide bonds. The van der Waals surface area contributed by atoms with Crippen LogP contribution in [0.5, 0.6) is 5.75 Å². The van der Waals surface area contributed by atoms with Gasteiger partial charge in [-0.2, -0.15) is 0 Å². The Kier molecular flexibility index (Phi) is 3.25. The third-order valence-electron chi connectivity index (χ3n) is 2.53. The molecule has 0 bridgehead atoms. The summed E-state index contributed by atoms with van der Waals surface area (Å²) in [6.45, 7) is 4.19. The molecule has 0 saturated heterocycles. The predicted octanol–water partition coefficient (Wildman–Crippen LogP) is 3.05. The topological polar surface area (TPSA) is 27.1 Å². The van der Waals surface area contributed by atoms with Gasteiger partial charge in [-0.3, -0.25) is 0 Å². The molecule has 0 fully saturated rings. The number of aromatic nitrogens is 2. The van der Waals surface area contributed by atoms with Crippen LogP contribution in [0.2, 0.25) is 0 Å². The normalized spacial score (nSPS) is 12.4. The van der Waals surface area contributed by atoms with E-state index in [1.165, 1.54) is 0 Å². The van der Waals surface area contributed by atoms with Crippen molar-refractivity contribution in [3.05, 3.63) is 43.0 Å². The standard InChI is InChI=1S/C13H16N2O/c1-3-11(2)16-13-6-4-5-12(9-13)15-8-7-14-10-15/h4-11H,3H2,1-2H3. The second kappa shape index (κ2) is 4.84. The van der Waals surface area contributed by atoms with Crippen LogP contribution in [0.15, 0.2) is 43.0 Å². The average Bonchev–Trinajstić information content (AvgIpc) is 2.83. The fraction of sp³-hybridized carbons (Fsp3) is 0.308. The number of ether oxygens (including phenoxy) is 1. The second-order valence-electron chi connectivity index (χ2n) is 3.80. The Morgan fingerprint density at radius 1 is 1.44 bits per heavy atom. The summed E-state index contributed by atoms with van der Waals surface area (Å²) in [5.74, 6) is 0.903. The van der Waals surface area contributed by atoms with E-state index in [0.717, 1.165) is 17.9 Å². The third kappa shape index (κ3) is 2.42. The molecule has 0 aliphatic heterocycles. The van der Waals surface area contributed by atoms with Gasteiger partial charge in [-0.25, -0.2) is 4.98 Å². The van der Waals surface area contributed by atoms with Gasteiger partial charge < -0.3 is 9.30 Å². The fourth-order valence-corrected chi connectivity index (χ4v) is 1.44. The summed E-state index contributed by atoms with van der Waals surface area (Å²) in [5.41, 5.74) is 1.07. The van der Waals surface area contributed by atoms with Crippen molar-refractivity contribution in [2.24, 2.45) is 0 Å². The van der Waals surface area contributed by atoms with Crippen LogP contribution in [0.4, 0.5) is 0 Å². The van der Waals surface area contributed by atoms with Gasteiger partial charge in [0.15, 0.2) is 0 Å². The smallest absolute Gasteiger partial charge is 0.121 e. The summed E-state index contributed by atoms with van der Waals surface area (Å²) in [7, 11) is 0. The molecule has 2 aromatic rings. The van der Waals surface area contributed by atoms with Gasteiger partial charge in [-0.15, -0.1) is 0 Å². The van der Waals surface area contributed by atoms with Crippen molar-refractivity contribution in [2.45, 2.75) is 26.4 Å². The van der Waals surface area contributed by atoms with E-state index >= 15 is 0 Å². The first kappa shape index (κ1) is 10.7. The Labute approximate surface area is 95.7 Å². The molecule has 84 valence electrons. The molecule has 3 heteroatoms. The molecule has 2 rings (SSSR count). The lowest BCUT2D eigenvalue weighted by Gasteiger charge is -2.13. The summed E-state index contributed by atoms with van der Waals surface area (Å²) in [6.07, 6.45) is 6.72. The summed E-state index contributed by atoms with van der Waals surface area (Å²) < 4.78 is 7.73. The van der Waals surface area contributed by atoms with Gasteiger partial charge in [0.1, 0.15) is 5.75 Å². The van der Waals surface area contributed by atoms with E-state index in [2.05, 4.69) is 18.8 Å². The summed E-state index contributed by atoms with van der Waals surface area (Å²) in [6, 6.07) is 8.03. The van der Waals surface area contributed by atoms with Gasteiger partial charge in [-0.05, 0) is 25.5 Å². The van der Waals surface area contributed by atoms with E-state index in [1.807, 2.05) is 35.0 Å². The molecule has 1 unspecified atom stereocenters. The number of rotatable bonds is 4. The van der Waals surface area contributed by atoms with Crippen LogP contribution < -0.4 is 4.74 Å². The first-order valence-corrected chi connectivity index (χ1v) is 5.54. The van der Waals surface area contributed by atoms with E-state index in [-0.39, 0.29) is 6.10 Å². The maximum atomic E-state index is 5.77. The summed E-state index contributed by atoms with van der Waals surface area (Å²) in [4.78, 5) is 4.03. The number of nitrogens with zero attached hydrogens (tertiary/aromatic N) is 2. The zero-order valence-electron chi connectivity index (χ0n) is 9.63. The van der Waals surface area contributed by atoms with Gasteiger partial charge in [0.2, 0.25) is 0 Å². The van der Waals surface area contributed by atoms with Crippen LogP contribution in [-0.2, 0) is 0 Å². The molecule has 0 N–H and O–H groups in total. The van der Waals surface area contributed by atoms with E-state index in [1.54, 1.807) is 12.5 Å². The first-order valence-electron chi connectivity index (χ1n) is 5.54. The monoisotopic (exact) mass is 216 g/mol. The Morgan fingerprint density at radius 2 is 2.31 bits per heavy atom. The molecule has 1 atom stereocenters. The van der Waals surface area contributed by atoms with Crippen LogP contribution in [0.1, 0.15) is 20.3 Å². The van der Waals surface area contributed by atoms with Crippen LogP contribution in [0.3, 0.4) is 0 Å². The molecular weight excluding hydrogens is 200 g/mol. The van der Waals surface area contributed by atoms with E-state index < -0.39 is 0 Å². The zero-order chi connectivity index (χ0) is 11.4. The molecule has 16 heavy (non-hydrogen) atoms. The molecule has 3 nitrogen and oxygen atoms in total. The largest absolute Gasteiger partial charge is 0.491 e. The summed E-state index contributed by atoms with van der Waals surface area (Å²) in [5, 5.41) is 0. The maximum Gasteiger partial charge on any atom is 0.121 e. The molecule has 0 radical (unpaired) electrons. The number of hydrogen-bond acceptors (Lipinski definition) is 2. The highest BCUT2D eigenvalue weighted by Crippen LogP contribution is 2.18. The molecule has 0 aliphatic rings. The predicted molar refractivity (Wildman–Crippen MR) is 63.9 cm³/mol. The van der Waals surface area contributed by atoms with Gasteiger partial charge >= 0.3 is 0 Å². The summed E-state index contributed by atoms with van der Waals surface area (Å²) >= 11 is 0. The molecule has 0 saturated carbocycles. The van der Waals surface area contributed by atoms with Crippen molar-refractivity contribution in [3.63, 3.8) is 0 Å². The highest BCUT2D eigenvalue weighted by Gasteiger charge is 2.02. The SMILES string of the molecule is CCC(C)Oc1cccc(-n2ccnc2)c1. The van der Waals surface area contributed by atoms with E-state index in [4.69, 9.17) is 4.74 Å². The molecular formula is C13H16N2O. The van der Waals surface area contributed by atoms with Crippen molar-refractivity contribution < 1.29 is 4.74 Å². The first-order chi connectivity index (χ1) is 7.79. The van der Waals surface area contributed by atoms with Crippen LogP contribution >= 0.6 is 0 Å². The van der Waals surface area contributed by atoms with Crippen molar-refractivity contribution in [3.8, 4) is 11.4 Å². The van der Waals surface area contributed by atoms with Gasteiger partial charge in [0, 0.05) is 18.5 Å². The molecule has 1 aromatic carbocycles. The lowest BCUT2D eigenvalue weighted by molar-refractivity contribution is 0.217. The van der Waals surface area contributed by atoms with Crippen LogP contribution in [-0.4, -0.2) is 15.7 Å². The fourth-order valence-electron chi connectivity index (χ4n) is 1.44. The molecule has 1 aromatic heterocycles. The lowest BCUT2D eigenvalue weighted by Crippen LogP contribution is -2.09. The average molecular weight is 216 g/mol. The van der Waals surface area contributed by atoms with Crippen LogP contribution in [0.25, 0.3) is 5.69 Å². The van der Waals surface area contributed by atoms with Crippen molar-refractivity contribution >= 4 is 0 Å². The highest BCUT2D eigenvalue weighted by atomic mass is 16.5. The maximum absolute atomic E-state index is 5.77. The molecule has 1 heterocycles. The minimum Gasteiger partial charge on any atom is -0.491 e. The van der Waals surface area contributed by atoms with E-state index in [0.29, 0.717) is 0 Å². The number of benzene rings is 1. The van der Waals surface area contributed by atoms with Gasteiger partial charge in [0.05, 0.1) is 18.1 Å². The van der Waals surface area contributed by atoms with Crippen LogP contribution in [0, 0.1) is 0 Å². The minimum atomic E-state index is 0.248. The van der Waals surface area contributed by atoms with Crippen molar-refractivity contribution in [1.29, 1.82) is 0 Å². The lowest BCUT2D eigenvalue weighted by atomic mass is 10.3. The number of hydrogen-bond donors (Lipinski definition) is 0. The van der Waals surface area contributed by atoms with Crippen molar-refractivity contribution in [1.82, 2.24) is 9.55 Å². The number of imidazole rings is 1. The molecule has 0 spiro atoms. The Bertz CT molecular complexity index is 437. The van der Waals surface area contributed by atoms with E-state index in [9.17, 15) is 0 Å².